The van der Waals surface area contributed by atoms with Crippen molar-refractivity contribution < 1.29 is 9.53 Å². The maximum absolute atomic E-state index is 11.5. The van der Waals surface area contributed by atoms with Crippen molar-refractivity contribution in [3.05, 3.63) is 29.8 Å². The average Bonchev–Trinajstić information content (AvgIpc) is 2.44. The number of carbonyl (C=O) groups is 1. The number of esters is 1. The van der Waals surface area contributed by atoms with Crippen molar-refractivity contribution in [2.75, 3.05) is 19.1 Å². The molecule has 2 unspecified atom stereocenters. The monoisotopic (exact) mass is 246 g/mol. The van der Waals surface area contributed by atoms with Crippen molar-refractivity contribution in [3.63, 3.8) is 0 Å². The van der Waals surface area contributed by atoms with Gasteiger partial charge in [-0.25, -0.2) is 0 Å². The molecule has 0 radical (unpaired) electrons. The second kappa shape index (κ2) is 6.06. The van der Waals surface area contributed by atoms with Gasteiger partial charge in [-0.05, 0) is 38.1 Å². The van der Waals surface area contributed by atoms with E-state index in [0.717, 1.165) is 5.69 Å². The van der Waals surface area contributed by atoms with Crippen LogP contribution in [0.15, 0.2) is 24.3 Å². The number of nitrogens with zero attached hydrogens (tertiary/aromatic N) is 2. The van der Waals surface area contributed by atoms with Gasteiger partial charge >= 0.3 is 5.97 Å². The summed E-state index contributed by atoms with van der Waals surface area (Å²) in [4.78, 5) is 13.5. The third-order valence-electron chi connectivity index (χ3n) is 3.31. The molecule has 0 fully saturated rings. The number of carbonyl (C=O) groups excluding carboxylic acids is 1. The number of benzene rings is 1. The van der Waals surface area contributed by atoms with E-state index in [-0.39, 0.29) is 17.9 Å². The van der Waals surface area contributed by atoms with Crippen molar-refractivity contribution in [2.45, 2.75) is 19.9 Å². The van der Waals surface area contributed by atoms with Gasteiger partial charge in [-0.3, -0.25) is 4.79 Å². The van der Waals surface area contributed by atoms with Gasteiger partial charge in [0.1, 0.15) is 0 Å². The van der Waals surface area contributed by atoms with Gasteiger partial charge in [0.2, 0.25) is 0 Å². The fourth-order valence-electron chi connectivity index (χ4n) is 1.72. The van der Waals surface area contributed by atoms with E-state index < -0.39 is 0 Å². The Morgan fingerprint density at radius 3 is 2.33 bits per heavy atom. The Morgan fingerprint density at radius 1 is 1.33 bits per heavy atom. The number of hydrogen-bond acceptors (Lipinski definition) is 4. The van der Waals surface area contributed by atoms with Crippen LogP contribution in [0.25, 0.3) is 0 Å². The molecule has 0 aliphatic carbocycles. The van der Waals surface area contributed by atoms with Crippen LogP contribution in [0.3, 0.4) is 0 Å². The molecule has 0 aromatic heterocycles. The summed E-state index contributed by atoms with van der Waals surface area (Å²) < 4.78 is 4.75. The summed E-state index contributed by atoms with van der Waals surface area (Å²) in [6.07, 6.45) is 0. The Kier molecular flexibility index (Phi) is 4.73. The zero-order valence-electron chi connectivity index (χ0n) is 11.2. The Bertz CT molecular complexity index is 448. The minimum atomic E-state index is -0.219. The Labute approximate surface area is 108 Å². The first-order chi connectivity index (χ1) is 8.51. The SMILES string of the molecule is COC(=O)C(C)C(C)N(C)c1ccc(C#N)cc1. The van der Waals surface area contributed by atoms with E-state index in [2.05, 4.69) is 6.07 Å². The van der Waals surface area contributed by atoms with E-state index in [1.54, 1.807) is 12.1 Å². The first-order valence-corrected chi connectivity index (χ1v) is 5.82. The lowest BCUT2D eigenvalue weighted by atomic mass is 10.0. The molecule has 0 aliphatic heterocycles. The Morgan fingerprint density at radius 2 is 1.89 bits per heavy atom. The van der Waals surface area contributed by atoms with E-state index >= 15 is 0 Å². The van der Waals surface area contributed by atoms with Crippen LogP contribution < -0.4 is 4.90 Å². The topological polar surface area (TPSA) is 53.3 Å². The van der Waals surface area contributed by atoms with Crippen molar-refractivity contribution in [3.8, 4) is 6.07 Å². The number of hydrogen-bond donors (Lipinski definition) is 0. The fraction of sp³-hybridized carbons (Fsp3) is 0.429. The highest BCUT2D eigenvalue weighted by atomic mass is 16.5. The highest BCUT2D eigenvalue weighted by molar-refractivity contribution is 5.73. The molecule has 1 aromatic rings. The molecule has 0 N–H and O–H groups in total. The molecule has 0 heterocycles. The van der Waals surface area contributed by atoms with E-state index in [1.807, 2.05) is 37.9 Å². The normalized spacial score (nSPS) is 13.3. The van der Waals surface area contributed by atoms with Crippen LogP contribution in [0.4, 0.5) is 5.69 Å². The molecular weight excluding hydrogens is 228 g/mol. The second-order valence-corrected chi connectivity index (χ2v) is 4.32. The number of ether oxygens (including phenoxy) is 1. The molecule has 0 aliphatic rings. The van der Waals surface area contributed by atoms with Crippen LogP contribution in [-0.4, -0.2) is 26.2 Å². The zero-order chi connectivity index (χ0) is 13.7. The van der Waals surface area contributed by atoms with Gasteiger partial charge in [-0.1, -0.05) is 0 Å². The predicted molar refractivity (Wildman–Crippen MR) is 70.2 cm³/mol. The predicted octanol–water partition coefficient (Wildman–Crippen LogP) is 2.19. The standard InChI is InChI=1S/C14H18N2O2/c1-10(14(17)18-4)11(2)16(3)13-7-5-12(9-15)6-8-13/h5-8,10-11H,1-4H3. The quantitative estimate of drug-likeness (QED) is 0.764. The lowest BCUT2D eigenvalue weighted by Crippen LogP contribution is -2.38. The summed E-state index contributed by atoms with van der Waals surface area (Å²) in [6, 6.07) is 9.38. The molecule has 18 heavy (non-hydrogen) atoms. The van der Waals surface area contributed by atoms with Gasteiger partial charge in [-0.2, -0.15) is 5.26 Å². The van der Waals surface area contributed by atoms with E-state index in [4.69, 9.17) is 10.00 Å². The maximum Gasteiger partial charge on any atom is 0.310 e. The second-order valence-electron chi connectivity index (χ2n) is 4.32. The Balaban J connectivity index is 2.82. The lowest BCUT2D eigenvalue weighted by Gasteiger charge is -2.30. The van der Waals surface area contributed by atoms with E-state index in [1.165, 1.54) is 7.11 Å². The summed E-state index contributed by atoms with van der Waals surface area (Å²) >= 11 is 0. The van der Waals surface area contributed by atoms with Crippen LogP contribution in [0.5, 0.6) is 0 Å². The summed E-state index contributed by atoms with van der Waals surface area (Å²) in [5.41, 5.74) is 1.60. The Hall–Kier alpha value is -2.02. The highest BCUT2D eigenvalue weighted by Crippen LogP contribution is 2.20. The van der Waals surface area contributed by atoms with Crippen molar-refractivity contribution >= 4 is 11.7 Å². The fourth-order valence-corrected chi connectivity index (χ4v) is 1.72. The number of rotatable bonds is 4. The molecular formula is C14H18N2O2. The highest BCUT2D eigenvalue weighted by Gasteiger charge is 2.24. The van der Waals surface area contributed by atoms with Gasteiger partial charge in [0, 0.05) is 18.8 Å². The molecule has 0 saturated heterocycles. The average molecular weight is 246 g/mol. The first-order valence-electron chi connectivity index (χ1n) is 5.82. The van der Waals surface area contributed by atoms with Crippen LogP contribution in [0.2, 0.25) is 0 Å². The van der Waals surface area contributed by atoms with Gasteiger partial charge in [0.15, 0.2) is 0 Å². The van der Waals surface area contributed by atoms with Gasteiger partial charge in [0.25, 0.3) is 0 Å². The lowest BCUT2D eigenvalue weighted by molar-refractivity contribution is -0.145. The van der Waals surface area contributed by atoms with Crippen LogP contribution in [0.1, 0.15) is 19.4 Å². The van der Waals surface area contributed by atoms with Gasteiger partial charge < -0.3 is 9.64 Å². The summed E-state index contributed by atoms with van der Waals surface area (Å²) in [6.45, 7) is 3.82. The largest absolute Gasteiger partial charge is 0.469 e. The number of anilines is 1. The molecule has 0 bridgehead atoms. The van der Waals surface area contributed by atoms with E-state index in [0.29, 0.717) is 5.56 Å². The number of methoxy groups -OCH3 is 1. The summed E-state index contributed by atoms with van der Waals surface area (Å²) in [5, 5.41) is 8.74. The molecule has 0 spiro atoms. The van der Waals surface area contributed by atoms with Crippen molar-refractivity contribution in [1.29, 1.82) is 5.26 Å². The van der Waals surface area contributed by atoms with Crippen LogP contribution in [0, 0.1) is 17.2 Å². The third kappa shape index (κ3) is 3.01. The van der Waals surface area contributed by atoms with Crippen molar-refractivity contribution in [1.82, 2.24) is 0 Å². The number of nitriles is 1. The minimum Gasteiger partial charge on any atom is -0.469 e. The minimum absolute atomic E-state index is 0.0189. The molecule has 0 amide bonds. The molecule has 4 nitrogen and oxygen atoms in total. The van der Waals surface area contributed by atoms with E-state index in [9.17, 15) is 4.79 Å². The molecule has 0 saturated carbocycles. The molecule has 1 rings (SSSR count). The molecule has 2 atom stereocenters. The van der Waals surface area contributed by atoms with Crippen LogP contribution in [-0.2, 0) is 9.53 Å². The third-order valence-corrected chi connectivity index (χ3v) is 3.31. The molecule has 4 heteroatoms. The van der Waals surface area contributed by atoms with Gasteiger partial charge in [0.05, 0.1) is 24.7 Å². The first kappa shape index (κ1) is 14.0. The maximum atomic E-state index is 11.5. The van der Waals surface area contributed by atoms with Gasteiger partial charge in [-0.15, -0.1) is 0 Å². The van der Waals surface area contributed by atoms with Crippen LogP contribution >= 0.6 is 0 Å². The zero-order valence-corrected chi connectivity index (χ0v) is 11.2. The molecule has 96 valence electrons. The smallest absolute Gasteiger partial charge is 0.310 e. The molecule has 1 aromatic carbocycles. The summed E-state index contributed by atoms with van der Waals surface area (Å²) in [7, 11) is 3.32. The summed E-state index contributed by atoms with van der Waals surface area (Å²) in [5.74, 6) is -0.432. The van der Waals surface area contributed by atoms with Crippen molar-refractivity contribution in [2.24, 2.45) is 5.92 Å².